The lowest BCUT2D eigenvalue weighted by atomic mass is 9.49. The van der Waals surface area contributed by atoms with E-state index < -0.39 is 0 Å². The first-order chi connectivity index (χ1) is 14.6. The lowest BCUT2D eigenvalue weighted by molar-refractivity contribution is -0.0787. The van der Waals surface area contributed by atoms with E-state index in [0.717, 1.165) is 61.2 Å². The van der Waals surface area contributed by atoms with Gasteiger partial charge in [0.15, 0.2) is 0 Å². The molecule has 0 aromatic carbocycles. The molecule has 4 aliphatic rings. The van der Waals surface area contributed by atoms with Crippen molar-refractivity contribution in [1.29, 1.82) is 0 Å². The maximum absolute atomic E-state index is 5.79. The first kappa shape index (κ1) is 21.0. The van der Waals surface area contributed by atoms with Gasteiger partial charge in [0.25, 0.3) is 0 Å². The van der Waals surface area contributed by atoms with Crippen molar-refractivity contribution in [1.82, 2.24) is 15.0 Å². The number of rotatable bonds is 6. The smallest absolute Gasteiger partial charge is 0.0693 e. The molecule has 1 heterocycles. The van der Waals surface area contributed by atoms with Crippen LogP contribution in [0.3, 0.4) is 0 Å². The maximum Gasteiger partial charge on any atom is 0.0693 e. The van der Waals surface area contributed by atoms with E-state index in [1.165, 1.54) is 57.8 Å². The molecule has 4 fully saturated rings. The Bertz CT molecular complexity index is 690. The van der Waals surface area contributed by atoms with Gasteiger partial charge in [-0.2, -0.15) is 15.0 Å². The summed E-state index contributed by atoms with van der Waals surface area (Å²) in [6.07, 6.45) is 16.9. The molecule has 0 aliphatic heterocycles. The van der Waals surface area contributed by atoms with Gasteiger partial charge in [-0.1, -0.05) is 13.8 Å². The van der Waals surface area contributed by atoms with Crippen LogP contribution < -0.4 is 0 Å². The fourth-order valence-corrected chi connectivity index (χ4v) is 9.08. The molecule has 5 rings (SSSR count). The second-order valence-electron chi connectivity index (χ2n) is 11.6. The van der Waals surface area contributed by atoms with Crippen molar-refractivity contribution in [2.75, 3.05) is 13.2 Å². The number of aromatic nitrogens is 3. The first-order valence-electron chi connectivity index (χ1n) is 13.0. The van der Waals surface area contributed by atoms with Crippen LogP contribution in [0.4, 0.5) is 0 Å². The van der Waals surface area contributed by atoms with Crippen molar-refractivity contribution < 1.29 is 4.74 Å². The Morgan fingerprint density at radius 3 is 2.60 bits per heavy atom. The zero-order valence-electron chi connectivity index (χ0n) is 19.5. The summed E-state index contributed by atoms with van der Waals surface area (Å²) in [5.74, 6) is 7.38. The summed E-state index contributed by atoms with van der Waals surface area (Å²) < 4.78 is 5.79. The quantitative estimate of drug-likeness (QED) is 0.588. The Morgan fingerprint density at radius 1 is 1.00 bits per heavy atom. The summed E-state index contributed by atoms with van der Waals surface area (Å²) in [7, 11) is 0. The van der Waals surface area contributed by atoms with E-state index in [4.69, 9.17) is 4.74 Å². The van der Waals surface area contributed by atoms with Crippen molar-refractivity contribution in [3.63, 3.8) is 0 Å². The molecule has 0 radical (unpaired) electrons. The highest BCUT2D eigenvalue weighted by Gasteiger charge is 2.57. The van der Waals surface area contributed by atoms with Gasteiger partial charge in [0.1, 0.15) is 0 Å². The Labute approximate surface area is 183 Å². The van der Waals surface area contributed by atoms with Gasteiger partial charge >= 0.3 is 0 Å². The van der Waals surface area contributed by atoms with Gasteiger partial charge < -0.3 is 4.74 Å². The van der Waals surface area contributed by atoms with E-state index in [0.29, 0.717) is 11.3 Å². The molecule has 9 atom stereocenters. The van der Waals surface area contributed by atoms with Crippen molar-refractivity contribution in [3.8, 4) is 0 Å². The molecule has 3 unspecified atom stereocenters. The molecule has 4 heteroatoms. The van der Waals surface area contributed by atoms with Gasteiger partial charge in [-0.3, -0.25) is 0 Å². The monoisotopic (exact) mass is 413 g/mol. The van der Waals surface area contributed by atoms with Crippen molar-refractivity contribution >= 4 is 0 Å². The fourth-order valence-electron chi connectivity index (χ4n) is 9.08. The zero-order chi connectivity index (χ0) is 20.7. The highest BCUT2D eigenvalue weighted by Crippen LogP contribution is 2.65. The normalized spacial score (nSPS) is 44.2. The fraction of sp³-hybridized carbons (Fsp3) is 0.923. The van der Waals surface area contributed by atoms with Crippen LogP contribution in [0.5, 0.6) is 0 Å². The third-order valence-electron chi connectivity index (χ3n) is 10.3. The summed E-state index contributed by atoms with van der Waals surface area (Å²) in [5.41, 5.74) is 0.548. The lowest BCUT2D eigenvalue weighted by Crippen LogP contribution is -2.49. The van der Waals surface area contributed by atoms with Crippen LogP contribution in [-0.4, -0.2) is 28.2 Å². The van der Waals surface area contributed by atoms with E-state index in [1.54, 1.807) is 0 Å². The van der Waals surface area contributed by atoms with E-state index in [-0.39, 0.29) is 0 Å². The molecule has 168 valence electrons. The number of ether oxygens (including phenoxy) is 1. The van der Waals surface area contributed by atoms with Crippen LogP contribution in [0.25, 0.3) is 0 Å². The van der Waals surface area contributed by atoms with Crippen LogP contribution in [0.2, 0.25) is 0 Å². The molecule has 1 aromatic rings. The second-order valence-corrected chi connectivity index (χ2v) is 11.6. The largest absolute Gasteiger partial charge is 0.381 e. The summed E-state index contributed by atoms with van der Waals surface area (Å²) in [5, 5.41) is 8.77. The van der Waals surface area contributed by atoms with E-state index in [2.05, 4.69) is 31.0 Å². The summed E-state index contributed by atoms with van der Waals surface area (Å²) in [6.45, 7) is 10.1. The minimum Gasteiger partial charge on any atom is -0.381 e. The van der Waals surface area contributed by atoms with Crippen LogP contribution >= 0.6 is 0 Å². The lowest BCUT2D eigenvalue weighted by Gasteiger charge is -2.56. The van der Waals surface area contributed by atoms with Gasteiger partial charge in [-0.05, 0) is 117 Å². The predicted molar refractivity (Wildman–Crippen MR) is 120 cm³/mol. The van der Waals surface area contributed by atoms with E-state index in [9.17, 15) is 0 Å². The van der Waals surface area contributed by atoms with E-state index >= 15 is 0 Å². The van der Waals surface area contributed by atoms with Gasteiger partial charge in [0, 0.05) is 13.2 Å². The second kappa shape index (κ2) is 8.56. The molecular weight excluding hydrogens is 370 g/mol. The minimum absolute atomic E-state index is 0.548. The molecule has 4 saturated carbocycles. The van der Waals surface area contributed by atoms with Gasteiger partial charge in [-0.15, -0.1) is 0 Å². The van der Waals surface area contributed by atoms with Gasteiger partial charge in [-0.25, -0.2) is 0 Å². The minimum atomic E-state index is 0.548. The number of nitrogens with zero attached hydrogens (tertiary/aromatic N) is 3. The van der Waals surface area contributed by atoms with Crippen molar-refractivity contribution in [3.05, 3.63) is 12.4 Å². The van der Waals surface area contributed by atoms with Crippen LogP contribution in [0.1, 0.15) is 78.6 Å². The Morgan fingerprint density at radius 2 is 1.80 bits per heavy atom. The van der Waals surface area contributed by atoms with Crippen LogP contribution in [0, 0.1) is 52.8 Å². The molecule has 0 amide bonds. The van der Waals surface area contributed by atoms with Crippen molar-refractivity contribution in [2.45, 2.75) is 85.1 Å². The molecule has 0 spiro atoms. The Hall–Kier alpha value is -0.900. The number of fused-ring (bicyclic) bond motifs is 5. The molecule has 4 aliphatic carbocycles. The third-order valence-corrected chi connectivity index (χ3v) is 10.3. The highest BCUT2D eigenvalue weighted by molar-refractivity contribution is 5.06. The molecular formula is C26H43N3O. The molecule has 0 N–H and O–H groups in total. The standard InChI is InChI=1S/C26H43N3O/c1-4-30-17-19-5-7-21-20(15-19)6-8-23-22(21)11-12-26(3)24(9-10-25(23)26)18(2)16-29-27-13-14-28-29/h13-14,18-25H,4-12,15-17H2,1-3H3/t18-,19-,20+,21-,22?,23+,24?,25?,26+/m0/s1. The molecule has 30 heavy (non-hydrogen) atoms. The Kier molecular flexibility index (Phi) is 5.98. The van der Waals surface area contributed by atoms with Gasteiger partial charge in [0.2, 0.25) is 0 Å². The zero-order valence-corrected chi connectivity index (χ0v) is 19.5. The van der Waals surface area contributed by atoms with Crippen LogP contribution in [0.15, 0.2) is 12.4 Å². The Balaban J connectivity index is 1.25. The average Bonchev–Trinajstić information content (AvgIpc) is 3.38. The highest BCUT2D eigenvalue weighted by atomic mass is 16.5. The first-order valence-corrected chi connectivity index (χ1v) is 13.0. The third kappa shape index (κ3) is 3.65. The van der Waals surface area contributed by atoms with Crippen molar-refractivity contribution in [2.24, 2.45) is 52.8 Å². The summed E-state index contributed by atoms with van der Waals surface area (Å²) in [4.78, 5) is 1.92. The number of hydrogen-bond acceptors (Lipinski definition) is 3. The SMILES string of the molecule is CCOC[C@H]1CC[C@@H]2C3CC[C@@]4(C)C(CCC4[C@@H](C)Cn4nccn4)[C@@H]3CC[C@@H]2C1. The summed E-state index contributed by atoms with van der Waals surface area (Å²) >= 11 is 0. The topological polar surface area (TPSA) is 39.9 Å². The summed E-state index contributed by atoms with van der Waals surface area (Å²) in [6, 6.07) is 0. The average molecular weight is 414 g/mol. The molecule has 0 saturated heterocycles. The van der Waals surface area contributed by atoms with E-state index in [1.807, 2.05) is 17.2 Å². The predicted octanol–water partition coefficient (Wildman–Crippen LogP) is 5.84. The molecule has 4 nitrogen and oxygen atoms in total. The maximum atomic E-state index is 5.79. The molecule has 1 aromatic heterocycles. The van der Waals surface area contributed by atoms with Crippen LogP contribution in [-0.2, 0) is 11.3 Å². The molecule has 0 bridgehead atoms. The van der Waals surface area contributed by atoms with Gasteiger partial charge in [0.05, 0.1) is 18.9 Å². The number of hydrogen-bond donors (Lipinski definition) is 0.